The number of hydrogen-bond donors (Lipinski definition) is 1. The van der Waals surface area contributed by atoms with Gasteiger partial charge in [0.05, 0.1) is 12.0 Å². The molecule has 0 aromatic heterocycles. The monoisotopic (exact) mass is 267 g/mol. The Morgan fingerprint density at radius 3 is 2.37 bits per heavy atom. The van der Waals surface area contributed by atoms with Crippen molar-refractivity contribution in [1.82, 2.24) is 9.80 Å². The smallest absolute Gasteiger partial charge is 0.242 e. The van der Waals surface area contributed by atoms with Gasteiger partial charge in [-0.25, -0.2) is 0 Å². The third-order valence-electron chi connectivity index (χ3n) is 4.73. The summed E-state index contributed by atoms with van der Waals surface area (Å²) in [5.74, 6) is 0.157. The Kier molecular flexibility index (Phi) is 4.13. The van der Waals surface area contributed by atoms with Gasteiger partial charge in [0.15, 0.2) is 0 Å². The lowest BCUT2D eigenvalue weighted by molar-refractivity contribution is -0.152. The molecule has 0 aromatic carbocycles. The van der Waals surface area contributed by atoms with Gasteiger partial charge in [-0.05, 0) is 25.7 Å². The molecule has 5 heteroatoms. The summed E-state index contributed by atoms with van der Waals surface area (Å²) in [6, 6.07) is 0.446. The first-order chi connectivity index (χ1) is 9.07. The third kappa shape index (κ3) is 2.61. The Balaban J connectivity index is 2.02. The zero-order chi connectivity index (χ0) is 14.0. The summed E-state index contributed by atoms with van der Waals surface area (Å²) in [5.41, 5.74) is 5.33. The lowest BCUT2D eigenvalue weighted by atomic mass is 9.80. The number of nitrogens with two attached hydrogens (primary N) is 1. The molecule has 2 amide bonds. The van der Waals surface area contributed by atoms with Crippen molar-refractivity contribution in [3.63, 3.8) is 0 Å². The van der Waals surface area contributed by atoms with Gasteiger partial charge in [-0.3, -0.25) is 9.59 Å². The molecule has 19 heavy (non-hydrogen) atoms. The molecule has 2 N–H and O–H groups in total. The maximum Gasteiger partial charge on any atom is 0.242 e. The Morgan fingerprint density at radius 1 is 1.32 bits per heavy atom. The quantitative estimate of drug-likeness (QED) is 0.792. The molecule has 0 radical (unpaired) electrons. The van der Waals surface area contributed by atoms with Gasteiger partial charge in [0.25, 0.3) is 0 Å². The molecule has 1 aliphatic heterocycles. The van der Waals surface area contributed by atoms with Crippen LogP contribution in [-0.4, -0.2) is 53.8 Å². The first-order valence-electron chi connectivity index (χ1n) is 7.37. The summed E-state index contributed by atoms with van der Waals surface area (Å²) in [6.07, 6.45) is 3.71. The topological polar surface area (TPSA) is 66.6 Å². The van der Waals surface area contributed by atoms with E-state index in [0.29, 0.717) is 25.7 Å². The van der Waals surface area contributed by atoms with Gasteiger partial charge in [-0.15, -0.1) is 0 Å². The van der Waals surface area contributed by atoms with E-state index in [1.807, 2.05) is 18.7 Å². The fourth-order valence-electron chi connectivity index (χ4n) is 2.90. The predicted molar refractivity (Wildman–Crippen MR) is 73.4 cm³/mol. The van der Waals surface area contributed by atoms with Crippen LogP contribution in [0.15, 0.2) is 0 Å². The highest BCUT2D eigenvalue weighted by Gasteiger charge is 2.41. The Hall–Kier alpha value is -1.10. The van der Waals surface area contributed by atoms with Gasteiger partial charge in [-0.2, -0.15) is 0 Å². The molecule has 108 valence electrons. The summed E-state index contributed by atoms with van der Waals surface area (Å²) >= 11 is 0. The largest absolute Gasteiger partial charge is 0.336 e. The fraction of sp³-hybridized carbons (Fsp3) is 0.857. The number of carbonyl (C=O) groups excluding carboxylic acids is 2. The van der Waals surface area contributed by atoms with Gasteiger partial charge in [0.1, 0.15) is 0 Å². The molecule has 0 unspecified atom stereocenters. The predicted octanol–water partition coefficient (Wildman–Crippen LogP) is 0.585. The van der Waals surface area contributed by atoms with Crippen LogP contribution in [-0.2, 0) is 9.59 Å². The molecular weight excluding hydrogens is 242 g/mol. The van der Waals surface area contributed by atoms with E-state index in [2.05, 4.69) is 0 Å². The number of amides is 2. The van der Waals surface area contributed by atoms with Crippen molar-refractivity contribution in [1.29, 1.82) is 0 Å². The van der Waals surface area contributed by atoms with E-state index >= 15 is 0 Å². The van der Waals surface area contributed by atoms with Crippen molar-refractivity contribution in [3.05, 3.63) is 0 Å². The first-order valence-corrected chi connectivity index (χ1v) is 7.37. The maximum absolute atomic E-state index is 12.6. The van der Waals surface area contributed by atoms with Crippen molar-refractivity contribution in [3.8, 4) is 0 Å². The molecule has 1 saturated carbocycles. The summed E-state index contributed by atoms with van der Waals surface area (Å²) < 4.78 is 0. The Morgan fingerprint density at radius 2 is 1.95 bits per heavy atom. The second-order valence-electron chi connectivity index (χ2n) is 5.74. The van der Waals surface area contributed by atoms with Gasteiger partial charge in [0.2, 0.25) is 11.8 Å². The molecule has 0 bridgehead atoms. The molecule has 1 heterocycles. The van der Waals surface area contributed by atoms with Crippen molar-refractivity contribution < 1.29 is 9.59 Å². The third-order valence-corrected chi connectivity index (χ3v) is 4.73. The molecule has 0 aromatic rings. The number of nitrogens with zero attached hydrogens (tertiary/aromatic N) is 2. The highest BCUT2D eigenvalue weighted by atomic mass is 16.2. The molecule has 0 spiro atoms. The minimum Gasteiger partial charge on any atom is -0.336 e. The summed E-state index contributed by atoms with van der Waals surface area (Å²) in [7, 11) is 0. The SMILES string of the molecule is CCC(CC)(CN)C(=O)N1CCN(C2CC2)C(=O)C1. The van der Waals surface area contributed by atoms with E-state index in [9.17, 15) is 9.59 Å². The van der Waals surface area contributed by atoms with Gasteiger partial charge < -0.3 is 15.5 Å². The van der Waals surface area contributed by atoms with Gasteiger partial charge in [-0.1, -0.05) is 13.8 Å². The fourth-order valence-corrected chi connectivity index (χ4v) is 2.90. The lowest BCUT2D eigenvalue weighted by Gasteiger charge is -2.40. The second kappa shape index (κ2) is 5.49. The van der Waals surface area contributed by atoms with E-state index in [0.717, 1.165) is 25.7 Å². The van der Waals surface area contributed by atoms with Crippen LogP contribution in [0.3, 0.4) is 0 Å². The van der Waals surface area contributed by atoms with E-state index in [1.54, 1.807) is 4.90 Å². The minimum absolute atomic E-state index is 0.0591. The highest BCUT2D eigenvalue weighted by Crippen LogP contribution is 2.31. The Bertz CT molecular complexity index is 353. The van der Waals surface area contributed by atoms with Gasteiger partial charge >= 0.3 is 0 Å². The zero-order valence-electron chi connectivity index (χ0n) is 12.0. The lowest BCUT2D eigenvalue weighted by Crippen LogP contribution is -2.57. The number of carbonyl (C=O) groups is 2. The maximum atomic E-state index is 12.6. The van der Waals surface area contributed by atoms with Crippen LogP contribution in [0.25, 0.3) is 0 Å². The van der Waals surface area contributed by atoms with E-state index in [-0.39, 0.29) is 18.4 Å². The van der Waals surface area contributed by atoms with E-state index < -0.39 is 5.41 Å². The van der Waals surface area contributed by atoms with Crippen molar-refractivity contribution in [2.24, 2.45) is 11.1 Å². The van der Waals surface area contributed by atoms with E-state index in [1.165, 1.54) is 0 Å². The van der Waals surface area contributed by atoms with Crippen LogP contribution in [0.5, 0.6) is 0 Å². The van der Waals surface area contributed by atoms with Gasteiger partial charge in [0, 0.05) is 25.7 Å². The average molecular weight is 267 g/mol. The zero-order valence-corrected chi connectivity index (χ0v) is 12.0. The normalized spacial score (nSPS) is 20.9. The summed E-state index contributed by atoms with van der Waals surface area (Å²) in [5, 5.41) is 0. The molecule has 1 saturated heterocycles. The van der Waals surface area contributed by atoms with Crippen molar-refractivity contribution in [2.75, 3.05) is 26.2 Å². The standard InChI is InChI=1S/C14H25N3O2/c1-3-14(4-2,10-15)13(19)16-7-8-17(11-5-6-11)12(18)9-16/h11H,3-10,15H2,1-2H3. The number of piperazine rings is 1. The van der Waals surface area contributed by atoms with Crippen LogP contribution in [0.1, 0.15) is 39.5 Å². The van der Waals surface area contributed by atoms with Crippen LogP contribution < -0.4 is 5.73 Å². The highest BCUT2D eigenvalue weighted by molar-refractivity contribution is 5.89. The summed E-state index contributed by atoms with van der Waals surface area (Å²) in [4.78, 5) is 28.4. The molecule has 2 aliphatic rings. The van der Waals surface area contributed by atoms with Crippen molar-refractivity contribution >= 4 is 11.8 Å². The molecule has 2 fully saturated rings. The number of rotatable bonds is 5. The van der Waals surface area contributed by atoms with Crippen LogP contribution >= 0.6 is 0 Å². The van der Waals surface area contributed by atoms with E-state index in [4.69, 9.17) is 5.73 Å². The first kappa shape index (κ1) is 14.3. The molecule has 0 atom stereocenters. The molecule has 1 aliphatic carbocycles. The second-order valence-corrected chi connectivity index (χ2v) is 5.74. The molecule has 2 rings (SSSR count). The van der Waals surface area contributed by atoms with Crippen LogP contribution in [0.2, 0.25) is 0 Å². The average Bonchev–Trinajstić information content (AvgIpc) is 3.25. The Labute approximate surface area is 115 Å². The van der Waals surface area contributed by atoms with Crippen molar-refractivity contribution in [2.45, 2.75) is 45.6 Å². The van der Waals surface area contributed by atoms with Crippen LogP contribution in [0.4, 0.5) is 0 Å². The number of hydrogen-bond acceptors (Lipinski definition) is 3. The minimum atomic E-state index is -0.484. The summed E-state index contributed by atoms with van der Waals surface area (Å²) in [6.45, 7) is 5.92. The molecule has 5 nitrogen and oxygen atoms in total. The molecular formula is C14H25N3O2. The van der Waals surface area contributed by atoms with Crippen LogP contribution in [0, 0.1) is 5.41 Å².